The van der Waals surface area contributed by atoms with Crippen LogP contribution in [0.5, 0.6) is 0 Å². The first-order chi connectivity index (χ1) is 10.0. The number of hydrogen-bond donors (Lipinski definition) is 1. The van der Waals surface area contributed by atoms with Gasteiger partial charge in [-0.25, -0.2) is 0 Å². The minimum Gasteiger partial charge on any atom is -0.481 e. The van der Waals surface area contributed by atoms with Crippen LogP contribution in [0, 0.1) is 17.8 Å². The zero-order valence-corrected chi connectivity index (χ0v) is 13.4. The van der Waals surface area contributed by atoms with Gasteiger partial charge < -0.3 is 10.0 Å². The van der Waals surface area contributed by atoms with E-state index in [0.29, 0.717) is 24.7 Å². The summed E-state index contributed by atoms with van der Waals surface area (Å²) < 4.78 is 0. The van der Waals surface area contributed by atoms with Gasteiger partial charge in [-0.1, -0.05) is 39.0 Å². The van der Waals surface area contributed by atoms with Gasteiger partial charge in [0.1, 0.15) is 0 Å². The van der Waals surface area contributed by atoms with Gasteiger partial charge in [0.25, 0.3) is 0 Å². The van der Waals surface area contributed by atoms with Crippen molar-refractivity contribution in [2.24, 2.45) is 17.8 Å². The van der Waals surface area contributed by atoms with Crippen molar-refractivity contribution in [1.82, 2.24) is 4.90 Å². The zero-order chi connectivity index (χ0) is 15.4. The monoisotopic (exact) mass is 295 g/mol. The quantitative estimate of drug-likeness (QED) is 0.865. The summed E-state index contributed by atoms with van der Waals surface area (Å²) in [5.74, 6) is 0.104. The van der Waals surface area contributed by atoms with E-state index < -0.39 is 11.9 Å². The van der Waals surface area contributed by atoms with E-state index in [9.17, 15) is 14.7 Å². The maximum absolute atomic E-state index is 12.6. The van der Waals surface area contributed by atoms with Crippen molar-refractivity contribution in [3.8, 4) is 0 Å². The number of hydrogen-bond acceptors (Lipinski definition) is 2. The molecule has 120 valence electrons. The molecule has 0 bridgehead atoms. The molecule has 1 unspecified atom stereocenters. The first-order valence-electron chi connectivity index (χ1n) is 8.53. The van der Waals surface area contributed by atoms with Crippen LogP contribution in [-0.4, -0.2) is 34.5 Å². The SMILES string of the molecule is CC(CC(=O)N1CCC[C@H](C(=O)O)[C@@H]1C)C1CCCCC1. The Hall–Kier alpha value is -1.06. The lowest BCUT2D eigenvalue weighted by molar-refractivity contribution is -0.149. The predicted molar refractivity (Wildman–Crippen MR) is 81.9 cm³/mol. The molecular formula is C17H29NO3. The van der Waals surface area contributed by atoms with E-state index >= 15 is 0 Å². The molecule has 3 atom stereocenters. The van der Waals surface area contributed by atoms with E-state index in [1.807, 2.05) is 11.8 Å². The average molecular weight is 295 g/mol. The highest BCUT2D eigenvalue weighted by atomic mass is 16.4. The third-order valence-corrected chi connectivity index (χ3v) is 5.58. The molecule has 1 saturated carbocycles. The normalized spacial score (nSPS) is 29.1. The fourth-order valence-corrected chi connectivity index (χ4v) is 4.09. The molecule has 1 N–H and O–H groups in total. The first-order valence-corrected chi connectivity index (χ1v) is 8.53. The van der Waals surface area contributed by atoms with Crippen molar-refractivity contribution in [3.63, 3.8) is 0 Å². The van der Waals surface area contributed by atoms with Gasteiger partial charge in [0.2, 0.25) is 5.91 Å². The third kappa shape index (κ3) is 3.98. The van der Waals surface area contributed by atoms with Crippen LogP contribution in [0.15, 0.2) is 0 Å². The lowest BCUT2D eigenvalue weighted by Crippen LogP contribution is -2.49. The average Bonchev–Trinajstić information content (AvgIpc) is 2.47. The summed E-state index contributed by atoms with van der Waals surface area (Å²) in [4.78, 5) is 25.6. The van der Waals surface area contributed by atoms with E-state index in [0.717, 1.165) is 13.0 Å². The van der Waals surface area contributed by atoms with E-state index in [4.69, 9.17) is 0 Å². The van der Waals surface area contributed by atoms with Crippen molar-refractivity contribution in [3.05, 3.63) is 0 Å². The molecule has 1 heterocycles. The van der Waals surface area contributed by atoms with Crippen molar-refractivity contribution in [2.75, 3.05) is 6.54 Å². The van der Waals surface area contributed by atoms with E-state index in [1.165, 1.54) is 32.1 Å². The molecule has 2 aliphatic rings. The van der Waals surface area contributed by atoms with Crippen LogP contribution in [0.3, 0.4) is 0 Å². The fourth-order valence-electron chi connectivity index (χ4n) is 4.09. The molecule has 4 heteroatoms. The molecule has 2 rings (SSSR count). The molecule has 1 aliphatic heterocycles. The van der Waals surface area contributed by atoms with Gasteiger partial charge in [0, 0.05) is 19.0 Å². The van der Waals surface area contributed by atoms with Crippen LogP contribution < -0.4 is 0 Å². The Kier molecular flexibility index (Phi) is 5.65. The summed E-state index contributed by atoms with van der Waals surface area (Å²) in [6, 6.07) is -0.165. The Bertz CT molecular complexity index is 376. The zero-order valence-electron chi connectivity index (χ0n) is 13.4. The molecule has 4 nitrogen and oxygen atoms in total. The van der Waals surface area contributed by atoms with Crippen LogP contribution in [0.4, 0.5) is 0 Å². The highest BCUT2D eigenvalue weighted by molar-refractivity contribution is 5.79. The number of nitrogens with zero attached hydrogens (tertiary/aromatic N) is 1. The summed E-state index contributed by atoms with van der Waals surface area (Å²) in [6.45, 7) is 4.81. The minimum atomic E-state index is -0.764. The van der Waals surface area contributed by atoms with Crippen LogP contribution in [0.2, 0.25) is 0 Å². The van der Waals surface area contributed by atoms with Crippen LogP contribution in [-0.2, 0) is 9.59 Å². The van der Waals surface area contributed by atoms with Crippen LogP contribution in [0.25, 0.3) is 0 Å². The molecule has 0 radical (unpaired) electrons. The van der Waals surface area contributed by atoms with Crippen molar-refractivity contribution in [2.45, 2.75) is 71.3 Å². The van der Waals surface area contributed by atoms with Crippen LogP contribution in [0.1, 0.15) is 65.2 Å². The van der Waals surface area contributed by atoms with Gasteiger partial charge in [0.15, 0.2) is 0 Å². The Balaban J connectivity index is 1.90. The number of carbonyl (C=O) groups is 2. The highest BCUT2D eigenvalue weighted by Crippen LogP contribution is 2.33. The highest BCUT2D eigenvalue weighted by Gasteiger charge is 2.36. The standard InChI is InChI=1S/C17H29NO3/c1-12(14-7-4-3-5-8-14)11-16(19)18-10-6-9-15(13(18)2)17(20)21/h12-15H,3-11H2,1-2H3,(H,20,21)/t12?,13-,15-/m0/s1. The molecule has 0 aromatic carbocycles. The summed E-state index contributed by atoms with van der Waals surface area (Å²) in [6.07, 6.45) is 8.52. The van der Waals surface area contributed by atoms with Gasteiger partial charge in [-0.2, -0.15) is 0 Å². The number of piperidine rings is 1. The van der Waals surface area contributed by atoms with Gasteiger partial charge in [0.05, 0.1) is 5.92 Å². The third-order valence-electron chi connectivity index (χ3n) is 5.58. The smallest absolute Gasteiger partial charge is 0.308 e. The van der Waals surface area contributed by atoms with Gasteiger partial charge >= 0.3 is 5.97 Å². The Morgan fingerprint density at radius 2 is 1.81 bits per heavy atom. The van der Waals surface area contributed by atoms with Crippen molar-refractivity contribution >= 4 is 11.9 Å². The molecule has 0 aromatic rings. The number of carbonyl (C=O) groups excluding carboxylic acids is 1. The maximum Gasteiger partial charge on any atom is 0.308 e. The van der Waals surface area contributed by atoms with E-state index in [1.54, 1.807) is 0 Å². The number of carboxylic acids is 1. The molecule has 0 aromatic heterocycles. The molecule has 21 heavy (non-hydrogen) atoms. The minimum absolute atomic E-state index is 0.159. The molecular weight excluding hydrogens is 266 g/mol. The summed E-state index contributed by atoms with van der Waals surface area (Å²) >= 11 is 0. The van der Waals surface area contributed by atoms with E-state index in [2.05, 4.69) is 6.92 Å². The Morgan fingerprint density at radius 3 is 2.43 bits per heavy atom. The molecule has 1 saturated heterocycles. The fraction of sp³-hybridized carbons (Fsp3) is 0.882. The molecule has 0 spiro atoms. The van der Waals surface area contributed by atoms with Gasteiger partial charge in [-0.15, -0.1) is 0 Å². The second-order valence-electron chi connectivity index (χ2n) is 6.99. The predicted octanol–water partition coefficient (Wildman–Crippen LogP) is 3.30. The number of carboxylic acid groups (broad SMARTS) is 1. The molecule has 1 amide bonds. The van der Waals surface area contributed by atoms with Gasteiger partial charge in [-0.3, -0.25) is 9.59 Å². The van der Waals surface area contributed by atoms with Crippen molar-refractivity contribution in [1.29, 1.82) is 0 Å². The molecule has 2 fully saturated rings. The summed E-state index contributed by atoms with van der Waals surface area (Å²) in [5.41, 5.74) is 0. The second-order valence-corrected chi connectivity index (χ2v) is 6.99. The summed E-state index contributed by atoms with van der Waals surface area (Å²) in [7, 11) is 0. The maximum atomic E-state index is 12.6. The largest absolute Gasteiger partial charge is 0.481 e. The van der Waals surface area contributed by atoms with Crippen molar-refractivity contribution < 1.29 is 14.7 Å². The number of rotatable bonds is 4. The number of amides is 1. The number of aliphatic carboxylic acids is 1. The number of likely N-dealkylation sites (tertiary alicyclic amines) is 1. The lowest BCUT2D eigenvalue weighted by atomic mass is 9.79. The lowest BCUT2D eigenvalue weighted by Gasteiger charge is -2.38. The van der Waals surface area contributed by atoms with Gasteiger partial charge in [-0.05, 0) is 31.6 Å². The second kappa shape index (κ2) is 7.28. The van der Waals surface area contributed by atoms with E-state index in [-0.39, 0.29) is 11.9 Å². The topological polar surface area (TPSA) is 57.6 Å². The summed E-state index contributed by atoms with van der Waals surface area (Å²) in [5, 5.41) is 9.26. The van der Waals surface area contributed by atoms with Crippen LogP contribution >= 0.6 is 0 Å². The first kappa shape index (κ1) is 16.3. The Morgan fingerprint density at radius 1 is 1.14 bits per heavy atom. The Labute approximate surface area is 127 Å². The molecule has 1 aliphatic carbocycles.